The van der Waals surface area contributed by atoms with Gasteiger partial charge in [-0.05, 0) is 33.3 Å². The Labute approximate surface area is 141 Å². The lowest BCUT2D eigenvalue weighted by atomic mass is 10.1. The summed E-state index contributed by atoms with van der Waals surface area (Å²) in [6.45, 7) is 6.91. The topological polar surface area (TPSA) is 111 Å². The van der Waals surface area contributed by atoms with Gasteiger partial charge in [-0.1, -0.05) is 30.3 Å². The molecule has 0 aliphatic rings. The molecule has 1 rings (SSSR count). The van der Waals surface area contributed by atoms with Gasteiger partial charge in [-0.25, -0.2) is 4.79 Å². The zero-order valence-electron chi connectivity index (χ0n) is 14.5. The van der Waals surface area contributed by atoms with Crippen molar-refractivity contribution in [2.45, 2.75) is 51.8 Å². The third-order valence-electron chi connectivity index (χ3n) is 3.07. The highest BCUT2D eigenvalue weighted by Crippen LogP contribution is 2.12. The molecule has 0 fully saturated rings. The van der Waals surface area contributed by atoms with Crippen LogP contribution in [0.15, 0.2) is 30.3 Å². The summed E-state index contributed by atoms with van der Waals surface area (Å²) in [5.41, 5.74) is 5.36. The Bertz CT molecular complexity index is 581. The normalized spacial score (nSPS) is 13.5. The summed E-state index contributed by atoms with van der Waals surface area (Å²) < 4.78 is 5.11. The third kappa shape index (κ3) is 7.13. The van der Waals surface area contributed by atoms with Crippen LogP contribution in [0.3, 0.4) is 0 Å². The van der Waals surface area contributed by atoms with Crippen LogP contribution >= 0.6 is 0 Å². The van der Waals surface area contributed by atoms with E-state index in [1.165, 1.54) is 0 Å². The lowest BCUT2D eigenvalue weighted by molar-refractivity contribution is -0.127. The van der Waals surface area contributed by atoms with Crippen LogP contribution in [0.1, 0.15) is 45.7 Å². The number of primary amides is 1. The summed E-state index contributed by atoms with van der Waals surface area (Å²) in [5, 5.41) is 5.14. The molecule has 0 saturated carbocycles. The molecule has 0 bridgehead atoms. The predicted octanol–water partition coefficient (Wildman–Crippen LogP) is 1.63. The van der Waals surface area contributed by atoms with Crippen molar-refractivity contribution >= 4 is 17.9 Å². The second kappa shape index (κ2) is 8.33. The Hall–Kier alpha value is -2.57. The zero-order valence-corrected chi connectivity index (χ0v) is 14.5. The smallest absolute Gasteiger partial charge is 0.408 e. The molecule has 132 valence electrons. The number of ether oxygens (including phenoxy) is 1. The molecule has 3 amide bonds. The van der Waals surface area contributed by atoms with Crippen molar-refractivity contribution in [1.29, 1.82) is 0 Å². The SMILES string of the molecule is C[C@H](NC(=O)[C@H](CC(N)=O)NC(=O)OC(C)(C)C)c1ccccc1. The quantitative estimate of drug-likeness (QED) is 0.733. The molecule has 1 aromatic rings. The highest BCUT2D eigenvalue weighted by atomic mass is 16.6. The number of carbonyl (C=O) groups excluding carboxylic acids is 3. The third-order valence-corrected chi connectivity index (χ3v) is 3.07. The number of alkyl carbamates (subject to hydrolysis) is 1. The molecule has 4 N–H and O–H groups in total. The molecule has 2 atom stereocenters. The standard InChI is InChI=1S/C17H25N3O4/c1-11(12-8-6-5-7-9-12)19-15(22)13(10-14(18)21)20-16(23)24-17(2,3)4/h5-9,11,13H,10H2,1-4H3,(H2,18,21)(H,19,22)(H,20,23)/t11-,13-/m0/s1. The van der Waals surface area contributed by atoms with E-state index < -0.39 is 29.6 Å². The fourth-order valence-electron chi connectivity index (χ4n) is 2.00. The number of hydrogen-bond acceptors (Lipinski definition) is 4. The minimum atomic E-state index is -1.09. The first kappa shape index (κ1) is 19.5. The van der Waals surface area contributed by atoms with Crippen LogP contribution in [-0.2, 0) is 14.3 Å². The van der Waals surface area contributed by atoms with Gasteiger partial charge in [0.2, 0.25) is 11.8 Å². The molecule has 7 nitrogen and oxygen atoms in total. The Morgan fingerprint density at radius 2 is 1.71 bits per heavy atom. The summed E-state index contributed by atoms with van der Waals surface area (Å²) in [6.07, 6.45) is -1.09. The highest BCUT2D eigenvalue weighted by Gasteiger charge is 2.26. The number of hydrogen-bond donors (Lipinski definition) is 3. The lowest BCUT2D eigenvalue weighted by Crippen LogP contribution is -2.50. The minimum absolute atomic E-state index is 0.283. The summed E-state index contributed by atoms with van der Waals surface area (Å²) in [5.74, 6) is -1.20. The lowest BCUT2D eigenvalue weighted by Gasteiger charge is -2.24. The average molecular weight is 335 g/mol. The van der Waals surface area contributed by atoms with Crippen molar-refractivity contribution < 1.29 is 19.1 Å². The Balaban J connectivity index is 2.74. The Kier molecular flexibility index (Phi) is 6.76. The van der Waals surface area contributed by atoms with Gasteiger partial charge in [0, 0.05) is 0 Å². The van der Waals surface area contributed by atoms with Crippen LogP contribution in [0.25, 0.3) is 0 Å². The van der Waals surface area contributed by atoms with E-state index in [0.717, 1.165) is 5.56 Å². The van der Waals surface area contributed by atoms with Crippen molar-refractivity contribution in [3.05, 3.63) is 35.9 Å². The minimum Gasteiger partial charge on any atom is -0.444 e. The fraction of sp³-hybridized carbons (Fsp3) is 0.471. The van der Waals surface area contributed by atoms with Crippen LogP contribution in [0.4, 0.5) is 4.79 Å². The number of carbonyl (C=O) groups is 3. The molecule has 0 heterocycles. The van der Waals surface area contributed by atoms with Crippen molar-refractivity contribution in [2.24, 2.45) is 5.73 Å². The van der Waals surface area contributed by atoms with Crippen LogP contribution in [0, 0.1) is 0 Å². The first-order valence-corrected chi connectivity index (χ1v) is 7.71. The zero-order chi connectivity index (χ0) is 18.3. The molecule has 0 unspecified atom stereocenters. The molecule has 24 heavy (non-hydrogen) atoms. The highest BCUT2D eigenvalue weighted by molar-refractivity contribution is 5.90. The van der Waals surface area contributed by atoms with E-state index in [2.05, 4.69) is 10.6 Å². The molecule has 0 saturated heterocycles. The largest absolute Gasteiger partial charge is 0.444 e. The molecule has 0 aliphatic heterocycles. The van der Waals surface area contributed by atoms with Gasteiger partial charge in [0.1, 0.15) is 11.6 Å². The number of rotatable bonds is 6. The van der Waals surface area contributed by atoms with Crippen LogP contribution in [-0.4, -0.2) is 29.6 Å². The monoisotopic (exact) mass is 335 g/mol. The van der Waals surface area contributed by atoms with Crippen molar-refractivity contribution in [3.8, 4) is 0 Å². The van der Waals surface area contributed by atoms with E-state index in [-0.39, 0.29) is 12.5 Å². The fourth-order valence-corrected chi connectivity index (χ4v) is 2.00. The molecular formula is C17H25N3O4. The maximum Gasteiger partial charge on any atom is 0.408 e. The van der Waals surface area contributed by atoms with E-state index in [4.69, 9.17) is 10.5 Å². The summed E-state index contributed by atoms with van der Waals surface area (Å²) in [7, 11) is 0. The number of nitrogens with two attached hydrogens (primary N) is 1. The van der Waals surface area contributed by atoms with Gasteiger partial charge in [-0.2, -0.15) is 0 Å². The molecule has 0 radical (unpaired) electrons. The first-order chi connectivity index (χ1) is 11.1. The van der Waals surface area contributed by atoms with Gasteiger partial charge in [-0.15, -0.1) is 0 Å². The molecule has 0 aromatic heterocycles. The molecular weight excluding hydrogens is 310 g/mol. The average Bonchev–Trinajstić information content (AvgIpc) is 2.44. The van der Waals surface area contributed by atoms with Crippen molar-refractivity contribution in [1.82, 2.24) is 10.6 Å². The number of amides is 3. The van der Waals surface area contributed by atoms with E-state index in [1.54, 1.807) is 20.8 Å². The molecule has 1 aromatic carbocycles. The maximum atomic E-state index is 12.4. The van der Waals surface area contributed by atoms with Gasteiger partial charge in [0.05, 0.1) is 12.5 Å². The van der Waals surface area contributed by atoms with E-state index in [9.17, 15) is 14.4 Å². The van der Waals surface area contributed by atoms with Gasteiger partial charge < -0.3 is 21.1 Å². The van der Waals surface area contributed by atoms with Gasteiger partial charge >= 0.3 is 6.09 Å². The summed E-state index contributed by atoms with van der Waals surface area (Å²) >= 11 is 0. The second-order valence-corrected chi connectivity index (χ2v) is 6.51. The van der Waals surface area contributed by atoms with Gasteiger partial charge in [-0.3, -0.25) is 9.59 Å². The van der Waals surface area contributed by atoms with Crippen molar-refractivity contribution in [2.75, 3.05) is 0 Å². The van der Waals surface area contributed by atoms with E-state index >= 15 is 0 Å². The van der Waals surface area contributed by atoms with E-state index in [1.807, 2.05) is 37.3 Å². The van der Waals surface area contributed by atoms with Crippen LogP contribution in [0.5, 0.6) is 0 Å². The molecule has 0 spiro atoms. The van der Waals surface area contributed by atoms with Crippen molar-refractivity contribution in [3.63, 3.8) is 0 Å². The predicted molar refractivity (Wildman–Crippen MR) is 90.0 cm³/mol. The number of benzene rings is 1. The second-order valence-electron chi connectivity index (χ2n) is 6.51. The summed E-state index contributed by atoms with van der Waals surface area (Å²) in [4.78, 5) is 35.4. The number of nitrogens with one attached hydrogen (secondary N) is 2. The van der Waals surface area contributed by atoms with Gasteiger partial charge in [0.25, 0.3) is 0 Å². The van der Waals surface area contributed by atoms with E-state index in [0.29, 0.717) is 0 Å². The molecule has 0 aliphatic carbocycles. The summed E-state index contributed by atoms with van der Waals surface area (Å²) in [6, 6.07) is 7.95. The first-order valence-electron chi connectivity index (χ1n) is 7.71. The Morgan fingerprint density at radius 1 is 1.12 bits per heavy atom. The van der Waals surface area contributed by atoms with Crippen LogP contribution < -0.4 is 16.4 Å². The molecule has 7 heteroatoms. The maximum absolute atomic E-state index is 12.4. The van der Waals surface area contributed by atoms with Gasteiger partial charge in [0.15, 0.2) is 0 Å². The van der Waals surface area contributed by atoms with Crippen LogP contribution in [0.2, 0.25) is 0 Å². The Morgan fingerprint density at radius 3 is 2.21 bits per heavy atom.